The zero-order valence-electron chi connectivity index (χ0n) is 8.47. The van der Waals surface area contributed by atoms with E-state index in [-0.39, 0.29) is 0 Å². The molecule has 0 N–H and O–H groups in total. The Kier molecular flexibility index (Phi) is 2.97. The van der Waals surface area contributed by atoms with E-state index < -0.39 is 0 Å². The molecule has 0 aromatic carbocycles. The summed E-state index contributed by atoms with van der Waals surface area (Å²) < 4.78 is 7.19. The number of rotatable bonds is 3. The number of ether oxygens (including phenoxy) is 1. The second kappa shape index (κ2) is 4.24. The Bertz CT molecular complexity index is 464. The van der Waals surface area contributed by atoms with Gasteiger partial charge in [0.05, 0.1) is 7.11 Å². The highest BCUT2D eigenvalue weighted by Crippen LogP contribution is 2.34. The first-order valence-electron chi connectivity index (χ1n) is 4.52. The molecule has 4 nitrogen and oxygen atoms in total. The molecule has 0 spiro atoms. The Morgan fingerprint density at radius 2 is 2.33 bits per heavy atom. The van der Waals surface area contributed by atoms with Crippen LogP contribution in [0.1, 0.15) is 6.92 Å². The lowest BCUT2D eigenvalue weighted by atomic mass is 10.4. The van der Waals surface area contributed by atoms with Crippen molar-refractivity contribution in [3.05, 3.63) is 11.4 Å². The Labute approximate surface area is 97.3 Å². The van der Waals surface area contributed by atoms with Crippen LogP contribution < -0.4 is 4.74 Å². The summed E-state index contributed by atoms with van der Waals surface area (Å²) >= 11 is 5.83. The van der Waals surface area contributed by atoms with Crippen molar-refractivity contribution < 1.29 is 4.74 Å². The van der Waals surface area contributed by atoms with E-state index in [1.807, 2.05) is 22.9 Å². The lowest BCUT2D eigenvalue weighted by molar-refractivity contribution is 0.417. The molecule has 0 unspecified atom stereocenters. The standard InChI is InChI=1S/C9H11N3OS2/c1-3-12-8(10-11-9(12)14)7-6(13-2)4-5-15-7/h4-5H,3H2,1-2H3,(H,11,14). The average molecular weight is 241 g/mol. The number of methoxy groups -OCH3 is 1. The first-order chi connectivity index (χ1) is 7.27. The van der Waals surface area contributed by atoms with Crippen molar-refractivity contribution in [2.45, 2.75) is 18.6 Å². The van der Waals surface area contributed by atoms with Crippen LogP contribution in [0.5, 0.6) is 5.75 Å². The summed E-state index contributed by atoms with van der Waals surface area (Å²) in [5.41, 5.74) is 0. The van der Waals surface area contributed by atoms with Crippen LogP contribution in [-0.2, 0) is 6.54 Å². The SMILES string of the molecule is CCn1c(S)nnc1-c1sccc1OC. The van der Waals surface area contributed by atoms with Gasteiger partial charge < -0.3 is 9.30 Å². The molecule has 0 saturated heterocycles. The Hall–Kier alpha value is -1.01. The number of nitrogens with zero attached hydrogens (tertiary/aromatic N) is 3. The van der Waals surface area contributed by atoms with E-state index in [0.717, 1.165) is 23.0 Å². The van der Waals surface area contributed by atoms with Crippen molar-refractivity contribution >= 4 is 24.0 Å². The van der Waals surface area contributed by atoms with Crippen LogP contribution in [0.4, 0.5) is 0 Å². The monoisotopic (exact) mass is 241 g/mol. The van der Waals surface area contributed by atoms with Crippen molar-refractivity contribution in [2.24, 2.45) is 0 Å². The first kappa shape index (κ1) is 10.5. The van der Waals surface area contributed by atoms with Crippen LogP contribution >= 0.6 is 24.0 Å². The van der Waals surface area contributed by atoms with Gasteiger partial charge in [-0.15, -0.1) is 34.2 Å². The fourth-order valence-electron chi connectivity index (χ4n) is 1.38. The molecule has 2 heterocycles. The van der Waals surface area contributed by atoms with E-state index in [2.05, 4.69) is 22.8 Å². The molecule has 15 heavy (non-hydrogen) atoms. The quantitative estimate of drug-likeness (QED) is 0.838. The summed E-state index contributed by atoms with van der Waals surface area (Å²) in [4.78, 5) is 0.993. The molecule has 6 heteroatoms. The van der Waals surface area contributed by atoms with Crippen molar-refractivity contribution in [1.29, 1.82) is 0 Å². The van der Waals surface area contributed by atoms with Gasteiger partial charge >= 0.3 is 0 Å². The minimum Gasteiger partial charge on any atom is -0.495 e. The van der Waals surface area contributed by atoms with Gasteiger partial charge in [0.25, 0.3) is 0 Å². The molecule has 0 fully saturated rings. The van der Waals surface area contributed by atoms with Gasteiger partial charge in [-0.2, -0.15) is 0 Å². The minimum absolute atomic E-state index is 0.628. The van der Waals surface area contributed by atoms with Gasteiger partial charge in [-0.1, -0.05) is 0 Å². The maximum absolute atomic E-state index is 5.25. The van der Waals surface area contributed by atoms with Gasteiger partial charge in [-0.05, 0) is 18.4 Å². The maximum atomic E-state index is 5.25. The second-order valence-electron chi connectivity index (χ2n) is 2.89. The first-order valence-corrected chi connectivity index (χ1v) is 5.84. The van der Waals surface area contributed by atoms with Gasteiger partial charge in [0.1, 0.15) is 10.6 Å². The van der Waals surface area contributed by atoms with Crippen LogP contribution in [-0.4, -0.2) is 21.9 Å². The summed E-state index contributed by atoms with van der Waals surface area (Å²) in [7, 11) is 1.65. The van der Waals surface area contributed by atoms with E-state index in [9.17, 15) is 0 Å². The molecule has 0 saturated carbocycles. The van der Waals surface area contributed by atoms with E-state index in [1.165, 1.54) is 0 Å². The largest absolute Gasteiger partial charge is 0.495 e. The van der Waals surface area contributed by atoms with Crippen LogP contribution in [0.2, 0.25) is 0 Å². The topological polar surface area (TPSA) is 39.9 Å². The molecule has 0 aliphatic rings. The molecule has 2 aromatic rings. The molecule has 0 radical (unpaired) electrons. The van der Waals surface area contributed by atoms with Crippen LogP contribution in [0, 0.1) is 0 Å². The Morgan fingerprint density at radius 3 is 3.00 bits per heavy atom. The smallest absolute Gasteiger partial charge is 0.188 e. The lowest BCUT2D eigenvalue weighted by Crippen LogP contribution is -1.98. The van der Waals surface area contributed by atoms with Gasteiger partial charge in [0.15, 0.2) is 11.0 Å². The number of thiophene rings is 1. The molecule has 0 aliphatic heterocycles. The third-order valence-electron chi connectivity index (χ3n) is 2.10. The normalized spacial score (nSPS) is 10.6. The molecular formula is C9H11N3OS2. The zero-order chi connectivity index (χ0) is 10.8. The highest BCUT2D eigenvalue weighted by molar-refractivity contribution is 7.80. The van der Waals surface area contributed by atoms with Gasteiger partial charge in [0.2, 0.25) is 0 Å². The molecule has 0 atom stereocenters. The van der Waals surface area contributed by atoms with E-state index >= 15 is 0 Å². The fourth-order valence-corrected chi connectivity index (χ4v) is 2.51. The molecule has 2 aromatic heterocycles. The molecule has 0 aliphatic carbocycles. The van der Waals surface area contributed by atoms with Crippen LogP contribution in [0.25, 0.3) is 10.7 Å². The minimum atomic E-state index is 0.628. The van der Waals surface area contributed by atoms with Crippen molar-refractivity contribution in [1.82, 2.24) is 14.8 Å². The summed E-state index contributed by atoms with van der Waals surface area (Å²) in [6, 6.07) is 1.92. The molecule has 80 valence electrons. The zero-order valence-corrected chi connectivity index (χ0v) is 10.2. The summed E-state index contributed by atoms with van der Waals surface area (Å²) in [5, 5.41) is 10.7. The van der Waals surface area contributed by atoms with Gasteiger partial charge in [-0.3, -0.25) is 0 Å². The van der Waals surface area contributed by atoms with Gasteiger partial charge in [0, 0.05) is 6.54 Å². The summed E-state index contributed by atoms with van der Waals surface area (Å²) in [5.74, 6) is 1.64. The number of hydrogen-bond acceptors (Lipinski definition) is 5. The molecular weight excluding hydrogens is 230 g/mol. The third-order valence-corrected chi connectivity index (χ3v) is 3.32. The van der Waals surface area contributed by atoms with Crippen molar-refractivity contribution in [3.8, 4) is 16.5 Å². The average Bonchev–Trinajstić information content (AvgIpc) is 2.82. The van der Waals surface area contributed by atoms with Crippen LogP contribution in [0.15, 0.2) is 16.6 Å². The highest BCUT2D eigenvalue weighted by Gasteiger charge is 2.15. The molecule has 0 amide bonds. The van der Waals surface area contributed by atoms with Crippen LogP contribution in [0.3, 0.4) is 0 Å². The number of aromatic nitrogens is 3. The molecule has 0 bridgehead atoms. The third kappa shape index (κ3) is 1.74. The summed E-state index contributed by atoms with van der Waals surface area (Å²) in [6.45, 7) is 2.83. The second-order valence-corrected chi connectivity index (χ2v) is 4.20. The maximum Gasteiger partial charge on any atom is 0.188 e. The predicted molar refractivity (Wildman–Crippen MR) is 62.8 cm³/mol. The van der Waals surface area contributed by atoms with Crippen molar-refractivity contribution in [3.63, 3.8) is 0 Å². The van der Waals surface area contributed by atoms with E-state index in [0.29, 0.717) is 5.16 Å². The predicted octanol–water partition coefficient (Wildman–Crippen LogP) is 2.32. The number of thiol groups is 1. The van der Waals surface area contributed by atoms with Gasteiger partial charge in [-0.25, -0.2) is 0 Å². The lowest BCUT2D eigenvalue weighted by Gasteiger charge is -2.04. The fraction of sp³-hybridized carbons (Fsp3) is 0.333. The van der Waals surface area contributed by atoms with E-state index in [1.54, 1.807) is 18.4 Å². The van der Waals surface area contributed by atoms with Crippen molar-refractivity contribution in [2.75, 3.05) is 7.11 Å². The summed E-state index contributed by atoms with van der Waals surface area (Å²) in [6.07, 6.45) is 0. The Morgan fingerprint density at radius 1 is 1.53 bits per heavy atom. The molecule has 2 rings (SSSR count). The highest BCUT2D eigenvalue weighted by atomic mass is 32.1. The van der Waals surface area contributed by atoms with E-state index in [4.69, 9.17) is 4.74 Å². The Balaban J connectivity index is 2.53. The number of hydrogen-bond donors (Lipinski definition) is 1.